The Labute approximate surface area is 160 Å². The Hall–Kier alpha value is -2.31. The predicted octanol–water partition coefficient (Wildman–Crippen LogP) is 3.20. The fourth-order valence-electron chi connectivity index (χ4n) is 3.40. The van der Waals surface area contributed by atoms with E-state index in [4.69, 9.17) is 9.15 Å². The van der Waals surface area contributed by atoms with Crippen LogP contribution in [-0.4, -0.2) is 42.6 Å². The number of amides is 2. The lowest BCUT2D eigenvalue weighted by Gasteiger charge is -2.31. The second-order valence-electron chi connectivity index (χ2n) is 7.12. The SMILES string of the molecule is CCCC(C)c1cc(C)c(C(=O)NC2CCN(C(=O)OCC)CC2)c(=O)o1. The van der Waals surface area contributed by atoms with Gasteiger partial charge in [0.15, 0.2) is 0 Å². The summed E-state index contributed by atoms with van der Waals surface area (Å²) in [5, 5.41) is 2.90. The number of carbonyl (C=O) groups excluding carboxylic acids is 2. The van der Waals surface area contributed by atoms with Gasteiger partial charge in [-0.05, 0) is 44.7 Å². The van der Waals surface area contributed by atoms with Gasteiger partial charge in [-0.2, -0.15) is 0 Å². The van der Waals surface area contributed by atoms with Crippen molar-refractivity contribution in [3.8, 4) is 0 Å². The lowest BCUT2D eigenvalue weighted by atomic mass is 10.00. The van der Waals surface area contributed by atoms with Crippen LogP contribution in [0.5, 0.6) is 0 Å². The number of hydrogen-bond acceptors (Lipinski definition) is 5. The third-order valence-electron chi connectivity index (χ3n) is 4.96. The van der Waals surface area contributed by atoms with Gasteiger partial charge < -0.3 is 19.4 Å². The minimum atomic E-state index is -0.589. The molecular formula is C20H30N2O5. The van der Waals surface area contributed by atoms with Crippen LogP contribution in [0, 0.1) is 6.92 Å². The van der Waals surface area contributed by atoms with Gasteiger partial charge in [0.25, 0.3) is 5.91 Å². The van der Waals surface area contributed by atoms with Crippen LogP contribution < -0.4 is 10.9 Å². The number of piperidine rings is 1. The monoisotopic (exact) mass is 378 g/mol. The molecule has 1 aromatic rings. The molecule has 0 radical (unpaired) electrons. The molecule has 2 rings (SSSR count). The summed E-state index contributed by atoms with van der Waals surface area (Å²) in [6, 6.07) is 1.71. The molecule has 0 aromatic carbocycles. The van der Waals surface area contributed by atoms with E-state index < -0.39 is 11.5 Å². The van der Waals surface area contributed by atoms with Gasteiger partial charge in [0, 0.05) is 25.0 Å². The molecule has 27 heavy (non-hydrogen) atoms. The molecule has 2 heterocycles. The Morgan fingerprint density at radius 2 is 2.00 bits per heavy atom. The van der Waals surface area contributed by atoms with Crippen LogP contribution in [0.4, 0.5) is 4.79 Å². The molecule has 150 valence electrons. The number of carbonyl (C=O) groups is 2. The van der Waals surface area contributed by atoms with Gasteiger partial charge in [0.1, 0.15) is 11.3 Å². The smallest absolute Gasteiger partial charge is 0.409 e. The molecule has 1 N–H and O–H groups in total. The van der Waals surface area contributed by atoms with Crippen molar-refractivity contribution in [3.63, 3.8) is 0 Å². The van der Waals surface area contributed by atoms with Gasteiger partial charge in [-0.15, -0.1) is 0 Å². The highest BCUT2D eigenvalue weighted by molar-refractivity contribution is 5.95. The third kappa shape index (κ3) is 5.34. The Balaban J connectivity index is 2.01. The van der Waals surface area contributed by atoms with E-state index in [1.807, 2.05) is 6.92 Å². The lowest BCUT2D eigenvalue weighted by Crippen LogP contribution is -2.47. The zero-order valence-electron chi connectivity index (χ0n) is 16.7. The summed E-state index contributed by atoms with van der Waals surface area (Å²) in [5.41, 5.74) is 0.107. The highest BCUT2D eigenvalue weighted by atomic mass is 16.6. The van der Waals surface area contributed by atoms with E-state index in [2.05, 4.69) is 12.2 Å². The topological polar surface area (TPSA) is 88.9 Å². The molecule has 0 bridgehead atoms. The van der Waals surface area contributed by atoms with Crippen LogP contribution in [0.2, 0.25) is 0 Å². The average Bonchev–Trinajstić information content (AvgIpc) is 2.62. The molecule has 1 aliphatic rings. The summed E-state index contributed by atoms with van der Waals surface area (Å²) in [4.78, 5) is 38.3. The summed E-state index contributed by atoms with van der Waals surface area (Å²) < 4.78 is 10.4. The summed E-state index contributed by atoms with van der Waals surface area (Å²) in [7, 11) is 0. The molecule has 2 amide bonds. The number of aryl methyl sites for hydroxylation is 1. The normalized spacial score (nSPS) is 16.1. The number of ether oxygens (including phenoxy) is 1. The van der Waals surface area contributed by atoms with Crippen LogP contribution in [0.25, 0.3) is 0 Å². The van der Waals surface area contributed by atoms with Gasteiger partial charge in [-0.3, -0.25) is 4.79 Å². The van der Waals surface area contributed by atoms with E-state index in [1.165, 1.54) is 0 Å². The van der Waals surface area contributed by atoms with Crippen molar-refractivity contribution in [1.29, 1.82) is 0 Å². The largest absolute Gasteiger partial charge is 0.450 e. The Morgan fingerprint density at radius 3 is 2.56 bits per heavy atom. The first-order chi connectivity index (χ1) is 12.9. The van der Waals surface area contributed by atoms with Crippen LogP contribution in [-0.2, 0) is 4.74 Å². The van der Waals surface area contributed by atoms with Crippen LogP contribution in [0.15, 0.2) is 15.3 Å². The minimum absolute atomic E-state index is 0.0651. The number of rotatable bonds is 6. The van der Waals surface area contributed by atoms with Gasteiger partial charge >= 0.3 is 11.7 Å². The zero-order valence-corrected chi connectivity index (χ0v) is 16.7. The van der Waals surface area contributed by atoms with Crippen molar-refractivity contribution in [1.82, 2.24) is 10.2 Å². The number of likely N-dealkylation sites (tertiary alicyclic amines) is 1. The lowest BCUT2D eigenvalue weighted by molar-refractivity contribution is 0.0856. The van der Waals surface area contributed by atoms with Gasteiger partial charge in [0.05, 0.1) is 6.61 Å². The Kier molecular flexibility index (Phi) is 7.45. The number of hydrogen-bond donors (Lipinski definition) is 1. The molecule has 7 heteroatoms. The van der Waals surface area contributed by atoms with Crippen molar-refractivity contribution in [2.75, 3.05) is 19.7 Å². The second-order valence-corrected chi connectivity index (χ2v) is 7.12. The summed E-state index contributed by atoms with van der Waals surface area (Å²) in [6.07, 6.45) is 2.85. The quantitative estimate of drug-likeness (QED) is 0.821. The van der Waals surface area contributed by atoms with E-state index in [1.54, 1.807) is 24.8 Å². The molecule has 1 atom stereocenters. The van der Waals surface area contributed by atoms with Crippen LogP contribution >= 0.6 is 0 Å². The van der Waals surface area contributed by atoms with Gasteiger partial charge in [-0.25, -0.2) is 9.59 Å². The molecule has 0 spiro atoms. The first kappa shape index (κ1) is 21.0. The molecule has 1 saturated heterocycles. The second kappa shape index (κ2) is 9.58. The average molecular weight is 378 g/mol. The number of nitrogens with zero attached hydrogens (tertiary/aromatic N) is 1. The van der Waals surface area contributed by atoms with Gasteiger partial charge in [0.2, 0.25) is 0 Å². The molecule has 0 aliphatic carbocycles. The number of nitrogens with one attached hydrogen (secondary N) is 1. The summed E-state index contributed by atoms with van der Waals surface area (Å²) in [6.45, 7) is 9.01. The van der Waals surface area contributed by atoms with E-state index >= 15 is 0 Å². The fourth-order valence-corrected chi connectivity index (χ4v) is 3.40. The molecule has 1 fully saturated rings. The highest BCUT2D eigenvalue weighted by Gasteiger charge is 2.26. The van der Waals surface area contributed by atoms with Gasteiger partial charge in [-0.1, -0.05) is 20.3 Å². The molecule has 1 unspecified atom stereocenters. The highest BCUT2D eigenvalue weighted by Crippen LogP contribution is 2.21. The maximum absolute atomic E-state index is 12.6. The van der Waals surface area contributed by atoms with E-state index in [9.17, 15) is 14.4 Å². The Bertz CT molecular complexity index is 720. The van der Waals surface area contributed by atoms with Crippen LogP contribution in [0.1, 0.15) is 74.1 Å². The Morgan fingerprint density at radius 1 is 1.33 bits per heavy atom. The standard InChI is InChI=1S/C20H30N2O5/c1-5-7-13(3)16-12-14(4)17(19(24)27-16)18(23)21-15-8-10-22(11-9-15)20(25)26-6-2/h12-13,15H,5-11H2,1-4H3,(H,21,23). The first-order valence-electron chi connectivity index (χ1n) is 9.74. The third-order valence-corrected chi connectivity index (χ3v) is 4.96. The predicted molar refractivity (Wildman–Crippen MR) is 102 cm³/mol. The maximum Gasteiger partial charge on any atom is 0.409 e. The van der Waals surface area contributed by atoms with Crippen molar-refractivity contribution in [2.45, 2.75) is 65.3 Å². The van der Waals surface area contributed by atoms with Crippen molar-refractivity contribution in [3.05, 3.63) is 33.4 Å². The molecular weight excluding hydrogens is 348 g/mol. The van der Waals surface area contributed by atoms with Crippen LogP contribution in [0.3, 0.4) is 0 Å². The van der Waals surface area contributed by atoms with E-state index in [-0.39, 0.29) is 23.6 Å². The molecule has 0 saturated carbocycles. The zero-order chi connectivity index (χ0) is 20.0. The molecule has 1 aliphatic heterocycles. The van der Waals surface area contributed by atoms with Crippen molar-refractivity contribution in [2.24, 2.45) is 0 Å². The minimum Gasteiger partial charge on any atom is -0.450 e. The fraction of sp³-hybridized carbons (Fsp3) is 0.650. The maximum atomic E-state index is 12.6. The van der Waals surface area contributed by atoms with E-state index in [0.717, 1.165) is 12.8 Å². The van der Waals surface area contributed by atoms with Crippen molar-refractivity contribution >= 4 is 12.0 Å². The van der Waals surface area contributed by atoms with E-state index in [0.29, 0.717) is 43.9 Å². The molecule has 7 nitrogen and oxygen atoms in total. The first-order valence-corrected chi connectivity index (χ1v) is 9.74. The van der Waals surface area contributed by atoms with Crippen molar-refractivity contribution < 1.29 is 18.7 Å². The molecule has 1 aromatic heterocycles. The summed E-state index contributed by atoms with van der Waals surface area (Å²) in [5.74, 6) is 0.356. The summed E-state index contributed by atoms with van der Waals surface area (Å²) >= 11 is 0.